The van der Waals surface area contributed by atoms with Crippen LogP contribution in [0.4, 0.5) is 0 Å². The number of ether oxygens (including phenoxy) is 1. The van der Waals surface area contributed by atoms with E-state index in [1.165, 1.54) is 11.1 Å². The van der Waals surface area contributed by atoms with E-state index < -0.39 is 5.54 Å². The van der Waals surface area contributed by atoms with E-state index in [4.69, 9.17) is 15.0 Å². The standard InChI is InChI=1S/C15H21N3O2/c1-11-6-4-5-7-12(11)8-9-13-17-14(18-20-13)15(2,16)10-19-3/h4-7H,8-10,16H2,1-3H3. The van der Waals surface area contributed by atoms with Crippen LogP contribution in [0.15, 0.2) is 28.8 Å². The van der Waals surface area contributed by atoms with Crippen LogP contribution < -0.4 is 5.73 Å². The minimum absolute atomic E-state index is 0.351. The Hall–Kier alpha value is -1.72. The molecular formula is C15H21N3O2. The fourth-order valence-electron chi connectivity index (χ4n) is 2.08. The fraction of sp³-hybridized carbons (Fsp3) is 0.467. The monoisotopic (exact) mass is 275 g/mol. The molecule has 0 aliphatic carbocycles. The number of aromatic nitrogens is 2. The molecule has 1 aromatic carbocycles. The second-order valence-electron chi connectivity index (χ2n) is 5.29. The quantitative estimate of drug-likeness (QED) is 0.872. The number of hydrogen-bond acceptors (Lipinski definition) is 5. The molecule has 2 N–H and O–H groups in total. The van der Waals surface area contributed by atoms with E-state index in [2.05, 4.69) is 29.2 Å². The van der Waals surface area contributed by atoms with Crippen LogP contribution in [0.3, 0.4) is 0 Å². The lowest BCUT2D eigenvalue weighted by atomic mass is 10.0. The Kier molecular flexibility index (Phi) is 4.52. The van der Waals surface area contributed by atoms with Gasteiger partial charge in [0.1, 0.15) is 5.54 Å². The zero-order valence-electron chi connectivity index (χ0n) is 12.2. The van der Waals surface area contributed by atoms with Crippen molar-refractivity contribution in [1.29, 1.82) is 0 Å². The van der Waals surface area contributed by atoms with Crippen molar-refractivity contribution in [2.45, 2.75) is 32.2 Å². The van der Waals surface area contributed by atoms with Crippen molar-refractivity contribution in [3.05, 3.63) is 47.1 Å². The van der Waals surface area contributed by atoms with E-state index in [1.54, 1.807) is 7.11 Å². The molecular weight excluding hydrogens is 254 g/mol. The van der Waals surface area contributed by atoms with Crippen molar-refractivity contribution < 1.29 is 9.26 Å². The van der Waals surface area contributed by atoms with E-state index in [-0.39, 0.29) is 0 Å². The van der Waals surface area contributed by atoms with Crippen molar-refractivity contribution in [3.8, 4) is 0 Å². The first kappa shape index (κ1) is 14.7. The van der Waals surface area contributed by atoms with E-state index in [9.17, 15) is 0 Å². The maximum absolute atomic E-state index is 6.08. The van der Waals surface area contributed by atoms with Crippen LogP contribution in [0.1, 0.15) is 29.8 Å². The summed E-state index contributed by atoms with van der Waals surface area (Å²) < 4.78 is 10.3. The zero-order valence-corrected chi connectivity index (χ0v) is 12.2. The van der Waals surface area contributed by atoms with Crippen molar-refractivity contribution in [3.63, 3.8) is 0 Å². The van der Waals surface area contributed by atoms with Crippen molar-refractivity contribution in [2.24, 2.45) is 5.73 Å². The topological polar surface area (TPSA) is 74.2 Å². The van der Waals surface area contributed by atoms with E-state index in [0.717, 1.165) is 6.42 Å². The summed E-state index contributed by atoms with van der Waals surface area (Å²) in [5.74, 6) is 1.09. The molecule has 1 aromatic heterocycles. The third kappa shape index (κ3) is 3.43. The van der Waals surface area contributed by atoms with Gasteiger partial charge in [-0.15, -0.1) is 0 Å². The molecule has 5 heteroatoms. The van der Waals surface area contributed by atoms with Gasteiger partial charge in [-0.3, -0.25) is 0 Å². The Morgan fingerprint density at radius 3 is 2.75 bits per heavy atom. The zero-order chi connectivity index (χ0) is 14.6. The Morgan fingerprint density at radius 1 is 1.30 bits per heavy atom. The molecule has 0 saturated heterocycles. The van der Waals surface area contributed by atoms with Gasteiger partial charge in [-0.1, -0.05) is 29.4 Å². The Bertz CT molecular complexity index is 564. The summed E-state index contributed by atoms with van der Waals surface area (Å²) in [6.45, 7) is 4.28. The summed E-state index contributed by atoms with van der Waals surface area (Å²) in [5.41, 5.74) is 7.92. The molecule has 0 spiro atoms. The maximum atomic E-state index is 6.08. The number of methoxy groups -OCH3 is 1. The third-order valence-electron chi connectivity index (χ3n) is 3.29. The third-order valence-corrected chi connectivity index (χ3v) is 3.29. The molecule has 0 aliphatic heterocycles. The number of benzene rings is 1. The molecule has 0 saturated carbocycles. The molecule has 0 amide bonds. The summed E-state index contributed by atoms with van der Waals surface area (Å²) >= 11 is 0. The SMILES string of the molecule is COCC(C)(N)c1noc(CCc2ccccc2C)n1. The van der Waals surface area contributed by atoms with E-state index in [1.807, 2.05) is 19.1 Å². The molecule has 0 fully saturated rings. The van der Waals surface area contributed by atoms with Crippen LogP contribution in [0.5, 0.6) is 0 Å². The van der Waals surface area contributed by atoms with Gasteiger partial charge in [-0.25, -0.2) is 0 Å². The van der Waals surface area contributed by atoms with Crippen LogP contribution in [0.25, 0.3) is 0 Å². The predicted molar refractivity (Wildman–Crippen MR) is 76.3 cm³/mol. The van der Waals surface area contributed by atoms with Gasteiger partial charge < -0.3 is 15.0 Å². The van der Waals surface area contributed by atoms with Gasteiger partial charge >= 0.3 is 0 Å². The van der Waals surface area contributed by atoms with Crippen LogP contribution >= 0.6 is 0 Å². The molecule has 0 aliphatic rings. The lowest BCUT2D eigenvalue weighted by Gasteiger charge is -2.18. The van der Waals surface area contributed by atoms with Crippen LogP contribution in [-0.2, 0) is 23.1 Å². The summed E-state index contributed by atoms with van der Waals surface area (Å²) in [4.78, 5) is 4.36. The van der Waals surface area contributed by atoms with Crippen molar-refractivity contribution in [1.82, 2.24) is 10.1 Å². The summed E-state index contributed by atoms with van der Waals surface area (Å²) in [6.07, 6.45) is 1.58. The number of hydrogen-bond donors (Lipinski definition) is 1. The first-order valence-corrected chi connectivity index (χ1v) is 6.68. The lowest BCUT2D eigenvalue weighted by Crippen LogP contribution is -2.39. The van der Waals surface area contributed by atoms with E-state index >= 15 is 0 Å². The lowest BCUT2D eigenvalue weighted by molar-refractivity contribution is 0.135. The minimum Gasteiger partial charge on any atom is -0.382 e. The first-order valence-electron chi connectivity index (χ1n) is 6.68. The highest BCUT2D eigenvalue weighted by molar-refractivity contribution is 5.25. The molecule has 0 radical (unpaired) electrons. The predicted octanol–water partition coefficient (Wildman–Crippen LogP) is 1.98. The number of nitrogens with zero attached hydrogens (tertiary/aromatic N) is 2. The van der Waals surface area contributed by atoms with Gasteiger partial charge in [-0.05, 0) is 31.4 Å². The molecule has 5 nitrogen and oxygen atoms in total. The van der Waals surface area contributed by atoms with E-state index in [0.29, 0.717) is 24.7 Å². The van der Waals surface area contributed by atoms with Crippen LogP contribution in [0.2, 0.25) is 0 Å². The number of aryl methyl sites for hydroxylation is 3. The minimum atomic E-state index is -0.723. The second kappa shape index (κ2) is 6.15. The van der Waals surface area contributed by atoms with Gasteiger partial charge in [0.05, 0.1) is 6.61 Å². The largest absolute Gasteiger partial charge is 0.382 e. The van der Waals surface area contributed by atoms with Crippen LogP contribution in [0, 0.1) is 6.92 Å². The van der Waals surface area contributed by atoms with Gasteiger partial charge in [0, 0.05) is 13.5 Å². The molecule has 1 heterocycles. The van der Waals surface area contributed by atoms with Gasteiger partial charge in [0.15, 0.2) is 5.82 Å². The molecule has 2 aromatic rings. The average Bonchev–Trinajstić information content (AvgIpc) is 2.87. The van der Waals surface area contributed by atoms with Crippen molar-refractivity contribution in [2.75, 3.05) is 13.7 Å². The smallest absolute Gasteiger partial charge is 0.227 e. The first-order chi connectivity index (χ1) is 9.53. The molecule has 1 unspecified atom stereocenters. The molecule has 108 valence electrons. The highest BCUT2D eigenvalue weighted by Crippen LogP contribution is 2.16. The van der Waals surface area contributed by atoms with Gasteiger partial charge in [0.2, 0.25) is 5.89 Å². The Morgan fingerprint density at radius 2 is 2.05 bits per heavy atom. The summed E-state index contributed by atoms with van der Waals surface area (Å²) in [7, 11) is 1.60. The molecule has 1 atom stereocenters. The van der Waals surface area contributed by atoms with Crippen LogP contribution in [-0.4, -0.2) is 23.9 Å². The summed E-state index contributed by atoms with van der Waals surface area (Å²) in [5, 5.41) is 3.95. The maximum Gasteiger partial charge on any atom is 0.227 e. The molecule has 20 heavy (non-hydrogen) atoms. The van der Waals surface area contributed by atoms with Gasteiger partial charge in [-0.2, -0.15) is 4.98 Å². The Labute approximate surface area is 119 Å². The normalized spacial score (nSPS) is 14.2. The average molecular weight is 275 g/mol. The Balaban J connectivity index is 2.02. The highest BCUT2D eigenvalue weighted by atomic mass is 16.5. The number of rotatable bonds is 6. The molecule has 2 rings (SSSR count). The number of nitrogens with two attached hydrogens (primary N) is 1. The van der Waals surface area contributed by atoms with Gasteiger partial charge in [0.25, 0.3) is 0 Å². The fourth-order valence-corrected chi connectivity index (χ4v) is 2.08. The highest BCUT2D eigenvalue weighted by Gasteiger charge is 2.27. The van der Waals surface area contributed by atoms with Crippen molar-refractivity contribution >= 4 is 0 Å². The summed E-state index contributed by atoms with van der Waals surface area (Å²) in [6, 6.07) is 8.29. The second-order valence-corrected chi connectivity index (χ2v) is 5.29. The molecule has 0 bridgehead atoms.